The highest BCUT2D eigenvalue weighted by Crippen LogP contribution is 2.21. The lowest BCUT2D eigenvalue weighted by molar-refractivity contribution is 0.0720. The second-order valence-electron chi connectivity index (χ2n) is 4.05. The van der Waals surface area contributed by atoms with Crippen LogP contribution in [-0.4, -0.2) is 29.0 Å². The molecule has 0 unspecified atom stereocenters. The van der Waals surface area contributed by atoms with Crippen molar-refractivity contribution in [3.05, 3.63) is 29.6 Å². The third-order valence-corrected chi connectivity index (χ3v) is 3.00. The molecule has 0 bridgehead atoms. The Morgan fingerprint density at radius 2 is 2.00 bits per heavy atom. The van der Waals surface area contributed by atoms with Crippen molar-refractivity contribution in [2.75, 3.05) is 7.05 Å². The molecule has 1 amide bonds. The number of amides is 1. The molecule has 94 valence electrons. The first-order valence-corrected chi connectivity index (χ1v) is 5.76. The Bertz CT molecular complexity index is 402. The number of halogens is 1. The van der Waals surface area contributed by atoms with Gasteiger partial charge in [0.25, 0.3) is 5.91 Å². The van der Waals surface area contributed by atoms with E-state index in [1.807, 2.05) is 13.8 Å². The molecule has 0 spiro atoms. The van der Waals surface area contributed by atoms with Crippen LogP contribution in [0.5, 0.6) is 5.75 Å². The number of carbonyl (C=O) groups is 1. The van der Waals surface area contributed by atoms with Crippen LogP contribution in [0.1, 0.15) is 37.0 Å². The Kier molecular flexibility index (Phi) is 4.49. The number of hydrogen-bond donors (Lipinski definition) is 1. The number of benzene rings is 1. The van der Waals surface area contributed by atoms with Crippen LogP contribution in [0.15, 0.2) is 18.2 Å². The number of hydrogen-bond acceptors (Lipinski definition) is 2. The molecule has 1 aromatic carbocycles. The minimum Gasteiger partial charge on any atom is -0.507 e. The minimum absolute atomic E-state index is 0.131. The van der Waals surface area contributed by atoms with E-state index >= 15 is 0 Å². The molecule has 0 saturated heterocycles. The maximum atomic E-state index is 12.8. The van der Waals surface area contributed by atoms with Gasteiger partial charge in [0, 0.05) is 19.2 Å². The molecule has 1 rings (SSSR count). The zero-order valence-electron chi connectivity index (χ0n) is 10.4. The van der Waals surface area contributed by atoms with Gasteiger partial charge >= 0.3 is 0 Å². The van der Waals surface area contributed by atoms with Crippen molar-refractivity contribution in [2.24, 2.45) is 0 Å². The summed E-state index contributed by atoms with van der Waals surface area (Å²) >= 11 is 0. The van der Waals surface area contributed by atoms with E-state index in [9.17, 15) is 14.3 Å². The predicted molar refractivity (Wildman–Crippen MR) is 64.5 cm³/mol. The van der Waals surface area contributed by atoms with Crippen molar-refractivity contribution in [3.8, 4) is 5.75 Å². The lowest BCUT2D eigenvalue weighted by Crippen LogP contribution is -2.36. The second-order valence-corrected chi connectivity index (χ2v) is 4.05. The van der Waals surface area contributed by atoms with E-state index in [0.717, 1.165) is 18.9 Å². The van der Waals surface area contributed by atoms with Gasteiger partial charge in [0.2, 0.25) is 0 Å². The Morgan fingerprint density at radius 1 is 1.41 bits per heavy atom. The molecule has 0 heterocycles. The first kappa shape index (κ1) is 13.5. The van der Waals surface area contributed by atoms with Crippen LogP contribution in [0.4, 0.5) is 4.39 Å². The number of aromatic hydroxyl groups is 1. The van der Waals surface area contributed by atoms with E-state index < -0.39 is 5.82 Å². The summed E-state index contributed by atoms with van der Waals surface area (Å²) in [6.45, 7) is 4.00. The van der Waals surface area contributed by atoms with Crippen LogP contribution < -0.4 is 0 Å². The molecular formula is C13H18FNO2. The van der Waals surface area contributed by atoms with Crippen molar-refractivity contribution < 1.29 is 14.3 Å². The zero-order chi connectivity index (χ0) is 13.0. The van der Waals surface area contributed by atoms with Crippen molar-refractivity contribution in [1.82, 2.24) is 4.90 Å². The molecule has 0 aliphatic heterocycles. The van der Waals surface area contributed by atoms with Gasteiger partial charge in [-0.15, -0.1) is 0 Å². The lowest BCUT2D eigenvalue weighted by atomic mass is 10.1. The van der Waals surface area contributed by atoms with E-state index in [1.165, 1.54) is 12.1 Å². The molecule has 0 radical (unpaired) electrons. The first-order valence-electron chi connectivity index (χ1n) is 5.76. The average Bonchev–Trinajstić information content (AvgIpc) is 2.29. The fraction of sp³-hybridized carbons (Fsp3) is 0.462. The Labute approximate surface area is 101 Å². The zero-order valence-corrected chi connectivity index (χ0v) is 10.4. The monoisotopic (exact) mass is 239 g/mol. The highest BCUT2D eigenvalue weighted by molar-refractivity contribution is 5.96. The van der Waals surface area contributed by atoms with Gasteiger partial charge in [0.05, 0.1) is 5.56 Å². The average molecular weight is 239 g/mol. The smallest absolute Gasteiger partial charge is 0.257 e. The summed E-state index contributed by atoms with van der Waals surface area (Å²) in [5, 5.41) is 9.55. The second kappa shape index (κ2) is 5.66. The fourth-order valence-corrected chi connectivity index (χ4v) is 1.88. The maximum Gasteiger partial charge on any atom is 0.257 e. The largest absolute Gasteiger partial charge is 0.507 e. The van der Waals surface area contributed by atoms with E-state index in [2.05, 4.69) is 0 Å². The van der Waals surface area contributed by atoms with Gasteiger partial charge in [-0.3, -0.25) is 4.79 Å². The molecule has 0 aliphatic carbocycles. The number of phenolic OH excluding ortho intramolecular Hbond substituents is 1. The Hall–Kier alpha value is -1.58. The van der Waals surface area contributed by atoms with Crippen LogP contribution in [-0.2, 0) is 0 Å². The van der Waals surface area contributed by atoms with Crippen LogP contribution in [0.25, 0.3) is 0 Å². The first-order chi connectivity index (χ1) is 8.01. The van der Waals surface area contributed by atoms with E-state index in [0.29, 0.717) is 0 Å². The van der Waals surface area contributed by atoms with Crippen molar-refractivity contribution in [2.45, 2.75) is 32.7 Å². The SMILES string of the molecule is CCC(CC)N(C)C(=O)c1ccc(F)cc1O. The molecule has 1 aromatic rings. The van der Waals surface area contributed by atoms with Gasteiger partial charge in [0.1, 0.15) is 11.6 Å². The normalized spacial score (nSPS) is 10.6. The Morgan fingerprint density at radius 3 is 2.47 bits per heavy atom. The van der Waals surface area contributed by atoms with Crippen LogP contribution in [0, 0.1) is 5.82 Å². The molecule has 0 fully saturated rings. The molecule has 3 nitrogen and oxygen atoms in total. The van der Waals surface area contributed by atoms with Gasteiger partial charge < -0.3 is 10.0 Å². The molecule has 4 heteroatoms. The van der Waals surface area contributed by atoms with E-state index in [1.54, 1.807) is 11.9 Å². The summed E-state index contributed by atoms with van der Waals surface area (Å²) in [6, 6.07) is 3.57. The summed E-state index contributed by atoms with van der Waals surface area (Å²) in [5.41, 5.74) is 0.140. The minimum atomic E-state index is -0.552. The highest BCUT2D eigenvalue weighted by Gasteiger charge is 2.20. The molecule has 1 N–H and O–H groups in total. The molecule has 0 atom stereocenters. The van der Waals surface area contributed by atoms with Gasteiger partial charge in [-0.2, -0.15) is 0 Å². The number of carbonyl (C=O) groups excluding carboxylic acids is 1. The molecule has 0 aliphatic rings. The van der Waals surface area contributed by atoms with Crippen LogP contribution in [0.3, 0.4) is 0 Å². The summed E-state index contributed by atoms with van der Waals surface area (Å²) in [4.78, 5) is 13.7. The van der Waals surface area contributed by atoms with Gasteiger partial charge in [0.15, 0.2) is 0 Å². The van der Waals surface area contributed by atoms with Gasteiger partial charge in [-0.25, -0.2) is 4.39 Å². The van der Waals surface area contributed by atoms with Crippen molar-refractivity contribution >= 4 is 5.91 Å². The van der Waals surface area contributed by atoms with E-state index in [4.69, 9.17) is 0 Å². The predicted octanol–water partition coefficient (Wildman–Crippen LogP) is 2.79. The summed E-state index contributed by atoms with van der Waals surface area (Å²) < 4.78 is 12.8. The molecular weight excluding hydrogens is 221 g/mol. The lowest BCUT2D eigenvalue weighted by Gasteiger charge is -2.26. The number of nitrogens with zero attached hydrogens (tertiary/aromatic N) is 1. The number of rotatable bonds is 4. The summed E-state index contributed by atoms with van der Waals surface area (Å²) in [6.07, 6.45) is 1.70. The highest BCUT2D eigenvalue weighted by atomic mass is 19.1. The molecule has 0 saturated carbocycles. The maximum absolute atomic E-state index is 12.8. The van der Waals surface area contributed by atoms with Gasteiger partial charge in [-0.1, -0.05) is 13.8 Å². The molecule has 17 heavy (non-hydrogen) atoms. The third kappa shape index (κ3) is 2.96. The van der Waals surface area contributed by atoms with Crippen LogP contribution in [0.2, 0.25) is 0 Å². The fourth-order valence-electron chi connectivity index (χ4n) is 1.88. The van der Waals surface area contributed by atoms with E-state index in [-0.39, 0.29) is 23.3 Å². The summed E-state index contributed by atoms with van der Waals surface area (Å²) in [7, 11) is 1.70. The third-order valence-electron chi connectivity index (χ3n) is 3.00. The topological polar surface area (TPSA) is 40.5 Å². The molecule has 0 aromatic heterocycles. The van der Waals surface area contributed by atoms with Crippen LogP contribution >= 0.6 is 0 Å². The number of phenols is 1. The standard InChI is InChI=1S/C13H18FNO2/c1-4-10(5-2)15(3)13(17)11-7-6-9(14)8-12(11)16/h6-8,10,16H,4-5H2,1-3H3. The Balaban J connectivity index is 2.96. The van der Waals surface area contributed by atoms with Gasteiger partial charge in [-0.05, 0) is 25.0 Å². The van der Waals surface area contributed by atoms with Crippen molar-refractivity contribution in [3.63, 3.8) is 0 Å². The summed E-state index contributed by atoms with van der Waals surface area (Å²) in [5.74, 6) is -1.15. The quantitative estimate of drug-likeness (QED) is 0.877. The van der Waals surface area contributed by atoms with Crippen molar-refractivity contribution in [1.29, 1.82) is 0 Å².